The average molecular weight is 342 g/mol. The molecule has 0 atom stereocenters. The summed E-state index contributed by atoms with van der Waals surface area (Å²) in [5.74, 6) is 1.25. The van der Waals surface area contributed by atoms with Crippen molar-refractivity contribution >= 4 is 17.0 Å². The Hall–Kier alpha value is -2.61. The molecule has 3 aromatic rings. The van der Waals surface area contributed by atoms with Crippen molar-refractivity contribution in [2.75, 3.05) is 38.1 Å². The zero-order valence-electron chi connectivity index (χ0n) is 14.4. The number of nitrogens with zero attached hydrogens (tertiary/aromatic N) is 6. The van der Waals surface area contributed by atoms with E-state index in [4.69, 9.17) is 0 Å². The highest BCUT2D eigenvalue weighted by Crippen LogP contribution is 2.22. The Balaban J connectivity index is 1.73. The molecule has 0 unspecified atom stereocenters. The number of rotatable bonds is 3. The summed E-state index contributed by atoms with van der Waals surface area (Å²) in [5.41, 5.74) is 1.90. The summed E-state index contributed by atoms with van der Waals surface area (Å²) < 4.78 is 15.6. The lowest BCUT2D eigenvalue weighted by Crippen LogP contribution is -3.12. The molecule has 0 radical (unpaired) electrons. The molecule has 4 rings (SSSR count). The monoisotopic (exact) mass is 342 g/mol. The van der Waals surface area contributed by atoms with Gasteiger partial charge in [0.15, 0.2) is 17.0 Å². The van der Waals surface area contributed by atoms with Crippen LogP contribution < -0.4 is 9.80 Å². The Morgan fingerprint density at radius 3 is 2.68 bits per heavy atom. The van der Waals surface area contributed by atoms with Crippen molar-refractivity contribution in [3.63, 3.8) is 0 Å². The zero-order chi connectivity index (χ0) is 17.4. The summed E-state index contributed by atoms with van der Waals surface area (Å²) in [6.45, 7) is 6.15. The molecule has 2 aromatic heterocycles. The number of hydrogen-bond donors (Lipinski definition) is 1. The number of aromatic nitrogens is 5. The number of anilines is 1. The van der Waals surface area contributed by atoms with E-state index < -0.39 is 0 Å². The number of fused-ring (bicyclic) bond motifs is 1. The van der Waals surface area contributed by atoms with Gasteiger partial charge in [0.2, 0.25) is 0 Å². The van der Waals surface area contributed by atoms with E-state index in [1.807, 2.05) is 13.0 Å². The Morgan fingerprint density at radius 1 is 1.16 bits per heavy atom. The van der Waals surface area contributed by atoms with Crippen molar-refractivity contribution in [2.24, 2.45) is 0 Å². The molecule has 1 N–H and O–H groups in total. The molecule has 8 heteroatoms. The van der Waals surface area contributed by atoms with E-state index in [1.54, 1.807) is 16.8 Å². The Morgan fingerprint density at radius 2 is 1.92 bits per heavy atom. The number of aryl methyl sites for hydroxylation is 1. The van der Waals surface area contributed by atoms with Crippen molar-refractivity contribution in [2.45, 2.75) is 13.5 Å². The fraction of sp³-hybridized carbons (Fsp3) is 0.412. The normalized spacial score (nSPS) is 15.9. The average Bonchev–Trinajstić information content (AvgIpc) is 3.00. The molecule has 0 amide bonds. The highest BCUT2D eigenvalue weighted by atomic mass is 19.1. The van der Waals surface area contributed by atoms with Crippen molar-refractivity contribution in [3.05, 3.63) is 41.5 Å². The Labute approximate surface area is 145 Å². The molecule has 7 nitrogen and oxygen atoms in total. The minimum Gasteiger partial charge on any atom is -0.343 e. The summed E-state index contributed by atoms with van der Waals surface area (Å²) in [5, 5.41) is 8.51. The maximum Gasteiger partial charge on any atom is 0.184 e. The number of likely N-dealkylation sites (N-methyl/N-ethyl adjacent to an activating group) is 1. The van der Waals surface area contributed by atoms with Crippen LogP contribution in [-0.2, 0) is 6.54 Å². The molecular formula is C17H21FN7+. The number of quaternary nitrogens is 1. The van der Waals surface area contributed by atoms with Gasteiger partial charge < -0.3 is 9.80 Å². The van der Waals surface area contributed by atoms with E-state index >= 15 is 0 Å². The second-order valence-electron chi connectivity index (χ2n) is 6.55. The van der Waals surface area contributed by atoms with Crippen LogP contribution in [0.4, 0.5) is 10.2 Å². The molecular weight excluding hydrogens is 321 g/mol. The Kier molecular flexibility index (Phi) is 4.04. The first-order valence-electron chi connectivity index (χ1n) is 8.49. The van der Waals surface area contributed by atoms with E-state index in [1.165, 1.54) is 11.0 Å². The van der Waals surface area contributed by atoms with Crippen molar-refractivity contribution in [1.29, 1.82) is 0 Å². The molecule has 130 valence electrons. The summed E-state index contributed by atoms with van der Waals surface area (Å²) in [7, 11) is 2.20. The van der Waals surface area contributed by atoms with Crippen molar-refractivity contribution in [3.8, 4) is 0 Å². The van der Waals surface area contributed by atoms with Crippen molar-refractivity contribution < 1.29 is 9.29 Å². The van der Waals surface area contributed by atoms with Crippen LogP contribution in [0.2, 0.25) is 0 Å². The molecule has 0 aliphatic carbocycles. The lowest BCUT2D eigenvalue weighted by Gasteiger charge is -2.30. The van der Waals surface area contributed by atoms with Gasteiger partial charge in [-0.15, -0.1) is 5.10 Å². The highest BCUT2D eigenvalue weighted by Gasteiger charge is 2.23. The first kappa shape index (κ1) is 15.9. The van der Waals surface area contributed by atoms with E-state index in [2.05, 4.69) is 32.2 Å². The fourth-order valence-electron chi connectivity index (χ4n) is 3.16. The molecule has 0 saturated carbocycles. The van der Waals surface area contributed by atoms with Gasteiger partial charge in [0.25, 0.3) is 0 Å². The molecule has 1 aromatic carbocycles. The first-order valence-corrected chi connectivity index (χ1v) is 8.49. The number of nitrogens with one attached hydrogen (secondary N) is 1. The van der Waals surface area contributed by atoms with E-state index in [0.717, 1.165) is 32.0 Å². The second-order valence-corrected chi connectivity index (χ2v) is 6.55. The van der Waals surface area contributed by atoms with E-state index in [9.17, 15) is 4.39 Å². The second kappa shape index (κ2) is 6.36. The smallest absolute Gasteiger partial charge is 0.184 e. The highest BCUT2D eigenvalue weighted by molar-refractivity contribution is 5.83. The van der Waals surface area contributed by atoms with Crippen LogP contribution in [0.15, 0.2) is 24.3 Å². The standard InChI is InChI=1S/C17H20FN7/c1-12-19-16(24-9-7-23(2)8-10-24)15-17(20-12)25(22-21-15)11-13-5-3-4-6-14(13)18/h3-6H,7-11H2,1-2H3/p+1. The van der Waals surface area contributed by atoms with Crippen LogP contribution in [0, 0.1) is 12.7 Å². The molecule has 0 bridgehead atoms. The number of piperazine rings is 1. The summed E-state index contributed by atoms with van der Waals surface area (Å²) in [4.78, 5) is 12.9. The van der Waals surface area contributed by atoms with Gasteiger partial charge in [-0.05, 0) is 13.0 Å². The van der Waals surface area contributed by atoms with Crippen LogP contribution in [0.25, 0.3) is 11.2 Å². The van der Waals surface area contributed by atoms with E-state index in [-0.39, 0.29) is 5.82 Å². The van der Waals surface area contributed by atoms with Gasteiger partial charge in [-0.1, -0.05) is 23.4 Å². The zero-order valence-corrected chi connectivity index (χ0v) is 14.4. The Bertz CT molecular complexity index is 899. The quantitative estimate of drug-likeness (QED) is 0.729. The predicted octanol–water partition coefficient (Wildman–Crippen LogP) is 0.0518. The summed E-state index contributed by atoms with van der Waals surface area (Å²) >= 11 is 0. The predicted molar refractivity (Wildman–Crippen MR) is 92.2 cm³/mol. The van der Waals surface area contributed by atoms with Gasteiger partial charge in [0.05, 0.1) is 39.8 Å². The molecule has 1 saturated heterocycles. The molecule has 1 fully saturated rings. The first-order chi connectivity index (χ1) is 12.1. The van der Waals surface area contributed by atoms with Gasteiger partial charge in [0.1, 0.15) is 11.6 Å². The van der Waals surface area contributed by atoms with Crippen LogP contribution in [0.5, 0.6) is 0 Å². The maximum atomic E-state index is 14.0. The topological polar surface area (TPSA) is 64.2 Å². The summed E-state index contributed by atoms with van der Waals surface area (Å²) in [6.07, 6.45) is 0. The van der Waals surface area contributed by atoms with Crippen LogP contribution >= 0.6 is 0 Å². The lowest BCUT2D eigenvalue weighted by molar-refractivity contribution is -0.880. The third-order valence-electron chi connectivity index (χ3n) is 4.65. The minimum absolute atomic E-state index is 0.251. The van der Waals surface area contributed by atoms with Crippen LogP contribution in [-0.4, -0.2) is 58.2 Å². The number of hydrogen-bond acceptors (Lipinski definition) is 5. The number of halogens is 1. The minimum atomic E-state index is -0.251. The van der Waals surface area contributed by atoms with Gasteiger partial charge in [-0.3, -0.25) is 0 Å². The van der Waals surface area contributed by atoms with Crippen LogP contribution in [0.3, 0.4) is 0 Å². The molecule has 1 aliphatic heterocycles. The fourth-order valence-corrected chi connectivity index (χ4v) is 3.16. The van der Waals surface area contributed by atoms with E-state index in [0.29, 0.717) is 29.1 Å². The lowest BCUT2D eigenvalue weighted by atomic mass is 10.2. The third-order valence-corrected chi connectivity index (χ3v) is 4.65. The van der Waals surface area contributed by atoms with Gasteiger partial charge >= 0.3 is 0 Å². The third kappa shape index (κ3) is 3.05. The largest absolute Gasteiger partial charge is 0.343 e. The molecule has 0 spiro atoms. The number of benzene rings is 1. The van der Waals surface area contributed by atoms with Crippen LogP contribution in [0.1, 0.15) is 11.4 Å². The molecule has 3 heterocycles. The summed E-state index contributed by atoms with van der Waals surface area (Å²) in [6, 6.07) is 6.70. The van der Waals surface area contributed by atoms with Gasteiger partial charge in [-0.2, -0.15) is 0 Å². The maximum absolute atomic E-state index is 14.0. The molecule has 25 heavy (non-hydrogen) atoms. The van der Waals surface area contributed by atoms with Crippen molar-refractivity contribution in [1.82, 2.24) is 25.0 Å². The van der Waals surface area contributed by atoms with Gasteiger partial charge in [-0.25, -0.2) is 19.0 Å². The molecule has 1 aliphatic rings. The van der Waals surface area contributed by atoms with Gasteiger partial charge in [0, 0.05) is 5.56 Å². The SMILES string of the molecule is Cc1nc(N2CC[NH+](C)CC2)c2nnn(Cc3ccccc3F)c2n1.